The van der Waals surface area contributed by atoms with Crippen LogP contribution in [-0.2, 0) is 4.74 Å². The largest absolute Gasteiger partial charge is 0.380 e. The van der Waals surface area contributed by atoms with Gasteiger partial charge in [-0.05, 0) is 31.9 Å². The lowest BCUT2D eigenvalue weighted by atomic mass is 10.1. The first-order chi connectivity index (χ1) is 9.20. The van der Waals surface area contributed by atoms with E-state index in [1.54, 1.807) is 0 Å². The molecule has 1 atom stereocenters. The molecule has 1 saturated heterocycles. The van der Waals surface area contributed by atoms with Crippen LogP contribution in [-0.4, -0.2) is 49.8 Å². The van der Waals surface area contributed by atoms with Crippen LogP contribution in [0.15, 0.2) is 4.99 Å². The minimum Gasteiger partial charge on any atom is -0.380 e. The summed E-state index contributed by atoms with van der Waals surface area (Å²) in [5, 5.41) is 6.71. The van der Waals surface area contributed by atoms with Crippen molar-refractivity contribution in [2.45, 2.75) is 44.3 Å². The van der Waals surface area contributed by atoms with Crippen molar-refractivity contribution in [2.24, 2.45) is 4.99 Å². The van der Waals surface area contributed by atoms with Gasteiger partial charge in [0.05, 0.1) is 6.61 Å². The monoisotopic (exact) mass is 287 g/mol. The van der Waals surface area contributed by atoms with E-state index in [1.807, 2.05) is 7.05 Å². The highest BCUT2D eigenvalue weighted by molar-refractivity contribution is 8.00. The summed E-state index contributed by atoms with van der Waals surface area (Å²) in [7, 11) is 1.82. The van der Waals surface area contributed by atoms with E-state index in [0.29, 0.717) is 4.75 Å². The summed E-state index contributed by atoms with van der Waals surface area (Å²) in [6.45, 7) is 7.90. The molecule has 0 radical (unpaired) electrons. The third kappa shape index (κ3) is 7.06. The summed E-state index contributed by atoms with van der Waals surface area (Å²) < 4.78 is 5.89. The summed E-state index contributed by atoms with van der Waals surface area (Å²) in [6, 6.07) is 0. The van der Waals surface area contributed by atoms with Gasteiger partial charge in [0, 0.05) is 31.5 Å². The van der Waals surface area contributed by atoms with Gasteiger partial charge in [-0.1, -0.05) is 13.3 Å². The molecule has 1 unspecified atom stereocenters. The van der Waals surface area contributed by atoms with Crippen LogP contribution < -0.4 is 10.6 Å². The third-order valence-corrected chi connectivity index (χ3v) is 4.87. The van der Waals surface area contributed by atoms with E-state index in [4.69, 9.17) is 4.74 Å². The molecular weight excluding hydrogens is 258 g/mol. The zero-order chi connectivity index (χ0) is 14.0. The molecule has 0 aliphatic carbocycles. The summed E-state index contributed by atoms with van der Waals surface area (Å²) >= 11 is 2.06. The molecule has 0 spiro atoms. The molecule has 0 aromatic rings. The average molecular weight is 287 g/mol. The van der Waals surface area contributed by atoms with Gasteiger partial charge >= 0.3 is 0 Å². The highest BCUT2D eigenvalue weighted by atomic mass is 32.2. The van der Waals surface area contributed by atoms with Crippen LogP contribution in [0.1, 0.15) is 39.5 Å². The number of unbranched alkanes of at least 4 members (excludes halogenated alkanes) is 1. The first kappa shape index (κ1) is 16.6. The Hall–Kier alpha value is -0.420. The Bertz CT molecular complexity index is 265. The number of ether oxygens (including phenoxy) is 1. The minimum absolute atomic E-state index is 0.370. The van der Waals surface area contributed by atoms with Crippen molar-refractivity contribution in [3.63, 3.8) is 0 Å². The van der Waals surface area contributed by atoms with Gasteiger partial charge in [-0.25, -0.2) is 0 Å². The predicted molar refractivity (Wildman–Crippen MR) is 85.2 cm³/mol. The zero-order valence-electron chi connectivity index (χ0n) is 12.6. The maximum Gasteiger partial charge on any atom is 0.191 e. The third-order valence-electron chi connectivity index (χ3n) is 3.33. The topological polar surface area (TPSA) is 45.6 Å². The van der Waals surface area contributed by atoms with Gasteiger partial charge in [0.2, 0.25) is 0 Å². The van der Waals surface area contributed by atoms with Crippen LogP contribution in [0.4, 0.5) is 0 Å². The van der Waals surface area contributed by atoms with Crippen molar-refractivity contribution in [1.29, 1.82) is 0 Å². The van der Waals surface area contributed by atoms with Gasteiger partial charge in [-0.15, -0.1) is 0 Å². The number of hydrogen-bond acceptors (Lipinski definition) is 3. The van der Waals surface area contributed by atoms with Crippen molar-refractivity contribution < 1.29 is 4.74 Å². The summed E-state index contributed by atoms with van der Waals surface area (Å²) in [4.78, 5) is 4.24. The van der Waals surface area contributed by atoms with E-state index in [0.717, 1.165) is 38.7 Å². The standard InChI is InChI=1S/C14H29N3OS/c1-4-5-9-18-10-8-16-13(15-3)17-12-14(2)7-6-11-19-14/h4-12H2,1-3H3,(H2,15,16,17). The molecule has 19 heavy (non-hydrogen) atoms. The molecule has 0 amide bonds. The highest BCUT2D eigenvalue weighted by Gasteiger charge is 2.29. The summed E-state index contributed by atoms with van der Waals surface area (Å²) in [5.41, 5.74) is 0. The Morgan fingerprint density at radius 1 is 1.37 bits per heavy atom. The number of nitrogens with zero attached hydrogens (tertiary/aromatic N) is 1. The lowest BCUT2D eigenvalue weighted by molar-refractivity contribution is 0.136. The maximum atomic E-state index is 5.52. The Morgan fingerprint density at radius 3 is 2.84 bits per heavy atom. The molecule has 1 aliphatic heterocycles. The number of guanidine groups is 1. The predicted octanol–water partition coefficient (Wildman–Crippen LogP) is 2.25. The molecule has 0 aromatic heterocycles. The number of aliphatic imine (C=N–C) groups is 1. The molecule has 0 aromatic carbocycles. The van der Waals surface area contributed by atoms with Gasteiger partial charge in [-0.3, -0.25) is 4.99 Å². The fourth-order valence-electron chi connectivity index (χ4n) is 2.06. The van der Waals surface area contributed by atoms with Crippen LogP contribution in [0.3, 0.4) is 0 Å². The van der Waals surface area contributed by atoms with Crippen LogP contribution in [0, 0.1) is 0 Å². The maximum absolute atomic E-state index is 5.52. The Balaban J connectivity index is 2.09. The summed E-state index contributed by atoms with van der Waals surface area (Å²) in [5.74, 6) is 2.17. The van der Waals surface area contributed by atoms with Crippen molar-refractivity contribution >= 4 is 17.7 Å². The lowest BCUT2D eigenvalue weighted by Gasteiger charge is -2.24. The highest BCUT2D eigenvalue weighted by Crippen LogP contribution is 2.36. The fraction of sp³-hybridized carbons (Fsp3) is 0.929. The first-order valence-electron chi connectivity index (χ1n) is 7.36. The second kappa shape index (κ2) is 9.48. The average Bonchev–Trinajstić information content (AvgIpc) is 2.84. The molecule has 1 rings (SSSR count). The molecule has 0 bridgehead atoms. The quantitative estimate of drug-likeness (QED) is 0.408. The Kier molecular flexibility index (Phi) is 8.30. The van der Waals surface area contributed by atoms with E-state index in [2.05, 4.69) is 41.2 Å². The van der Waals surface area contributed by atoms with Crippen molar-refractivity contribution in [1.82, 2.24) is 10.6 Å². The molecule has 1 heterocycles. The number of nitrogens with one attached hydrogen (secondary N) is 2. The number of rotatable bonds is 8. The van der Waals surface area contributed by atoms with Crippen LogP contribution in [0.25, 0.3) is 0 Å². The van der Waals surface area contributed by atoms with E-state index < -0.39 is 0 Å². The van der Waals surface area contributed by atoms with Crippen LogP contribution in [0.2, 0.25) is 0 Å². The van der Waals surface area contributed by atoms with Crippen molar-refractivity contribution in [3.8, 4) is 0 Å². The smallest absolute Gasteiger partial charge is 0.191 e. The van der Waals surface area contributed by atoms with Gasteiger partial charge < -0.3 is 15.4 Å². The lowest BCUT2D eigenvalue weighted by Crippen LogP contribution is -2.44. The van der Waals surface area contributed by atoms with Gasteiger partial charge in [0.1, 0.15) is 0 Å². The van der Waals surface area contributed by atoms with Crippen molar-refractivity contribution in [2.75, 3.05) is 39.1 Å². The minimum atomic E-state index is 0.370. The van der Waals surface area contributed by atoms with Crippen LogP contribution in [0.5, 0.6) is 0 Å². The molecule has 2 N–H and O–H groups in total. The fourth-order valence-corrected chi connectivity index (χ4v) is 3.30. The van der Waals surface area contributed by atoms with Gasteiger partial charge in [-0.2, -0.15) is 11.8 Å². The van der Waals surface area contributed by atoms with E-state index in [1.165, 1.54) is 25.0 Å². The normalized spacial score (nSPS) is 23.6. The van der Waals surface area contributed by atoms with Gasteiger partial charge in [0.25, 0.3) is 0 Å². The Labute approximate surface area is 122 Å². The van der Waals surface area contributed by atoms with E-state index >= 15 is 0 Å². The molecule has 1 aliphatic rings. The van der Waals surface area contributed by atoms with E-state index in [-0.39, 0.29) is 0 Å². The first-order valence-corrected chi connectivity index (χ1v) is 8.35. The van der Waals surface area contributed by atoms with Crippen molar-refractivity contribution in [3.05, 3.63) is 0 Å². The molecule has 112 valence electrons. The second-order valence-electron chi connectivity index (χ2n) is 5.22. The van der Waals surface area contributed by atoms with Gasteiger partial charge in [0.15, 0.2) is 5.96 Å². The second-order valence-corrected chi connectivity index (χ2v) is 6.90. The molecule has 5 heteroatoms. The molecule has 1 fully saturated rings. The Morgan fingerprint density at radius 2 is 2.21 bits per heavy atom. The molecular formula is C14H29N3OS. The molecule has 4 nitrogen and oxygen atoms in total. The number of thioether (sulfide) groups is 1. The van der Waals surface area contributed by atoms with E-state index in [9.17, 15) is 0 Å². The number of hydrogen-bond donors (Lipinski definition) is 2. The SMILES string of the molecule is CCCCOCCNC(=NC)NCC1(C)CCCS1. The molecule has 0 saturated carbocycles. The zero-order valence-corrected chi connectivity index (χ0v) is 13.4. The van der Waals surface area contributed by atoms with Crippen LogP contribution >= 0.6 is 11.8 Å². The summed E-state index contributed by atoms with van der Waals surface area (Å²) in [6.07, 6.45) is 4.96.